The highest BCUT2D eigenvalue weighted by Crippen LogP contribution is 2.30. The molecule has 3 amide bonds. The second-order valence-corrected chi connectivity index (χ2v) is 16.3. The number of ether oxygens (including phenoxy) is 3. The van der Waals surface area contributed by atoms with E-state index < -0.39 is 23.7 Å². The molecule has 4 rings (SSSR count). The third-order valence-corrected chi connectivity index (χ3v) is 9.00. The summed E-state index contributed by atoms with van der Waals surface area (Å²) in [5, 5.41) is 3.36. The van der Waals surface area contributed by atoms with E-state index in [2.05, 4.69) is 24.1 Å². The molecular formula is C39H60N6O6. The monoisotopic (exact) mass is 708 g/mol. The summed E-state index contributed by atoms with van der Waals surface area (Å²) in [6.45, 7) is 18.9. The second kappa shape index (κ2) is 17.5. The van der Waals surface area contributed by atoms with E-state index in [9.17, 15) is 14.4 Å². The van der Waals surface area contributed by atoms with Crippen LogP contribution in [0.25, 0.3) is 0 Å². The van der Waals surface area contributed by atoms with Gasteiger partial charge in [0.2, 0.25) is 5.91 Å². The molecule has 2 aliphatic heterocycles. The largest absolute Gasteiger partial charge is 0.490 e. The number of para-hydroxylation sites is 1. The van der Waals surface area contributed by atoms with Crippen LogP contribution in [0.5, 0.6) is 5.75 Å². The summed E-state index contributed by atoms with van der Waals surface area (Å²) in [5.74, 6) is 1.29. The fraction of sp³-hybridized carbons (Fsp3) is 0.667. The topological polar surface area (TPSA) is 126 Å². The van der Waals surface area contributed by atoms with Gasteiger partial charge < -0.3 is 34.2 Å². The molecule has 2 aliphatic rings. The fourth-order valence-electron chi connectivity index (χ4n) is 6.50. The normalized spacial score (nSPS) is 18.8. The number of anilines is 1. The minimum atomic E-state index is -0.715. The van der Waals surface area contributed by atoms with Gasteiger partial charge in [-0.05, 0) is 51.7 Å². The number of amides is 3. The van der Waals surface area contributed by atoms with E-state index in [0.29, 0.717) is 56.4 Å². The van der Waals surface area contributed by atoms with Crippen LogP contribution in [0.1, 0.15) is 97.3 Å². The average molecular weight is 709 g/mol. The highest BCUT2D eigenvalue weighted by molar-refractivity contribution is 5.98. The molecule has 3 heterocycles. The summed E-state index contributed by atoms with van der Waals surface area (Å²) in [6.07, 6.45) is 3.74. The molecule has 2 saturated heterocycles. The molecule has 0 spiro atoms. The van der Waals surface area contributed by atoms with Gasteiger partial charge in [0.05, 0.1) is 12.0 Å². The zero-order chi connectivity index (χ0) is 37.3. The zero-order valence-electron chi connectivity index (χ0n) is 32.2. The number of aromatic nitrogens is 2. The lowest BCUT2D eigenvalue weighted by Gasteiger charge is -2.44. The maximum atomic E-state index is 14.7. The van der Waals surface area contributed by atoms with Crippen molar-refractivity contribution in [3.63, 3.8) is 0 Å². The van der Waals surface area contributed by atoms with E-state index in [1.54, 1.807) is 18.2 Å². The van der Waals surface area contributed by atoms with Crippen LogP contribution >= 0.6 is 0 Å². The molecule has 2 atom stereocenters. The number of nitrogens with one attached hydrogen (secondary N) is 1. The summed E-state index contributed by atoms with van der Waals surface area (Å²) >= 11 is 0. The maximum absolute atomic E-state index is 14.7. The number of carbonyl (C=O) groups excluding carboxylic acids is 3. The second-order valence-electron chi connectivity index (χ2n) is 16.3. The first kappa shape index (κ1) is 39.8. The van der Waals surface area contributed by atoms with Crippen molar-refractivity contribution in [1.82, 2.24) is 24.7 Å². The number of nitrogens with zero attached hydrogens (tertiary/aromatic N) is 5. The van der Waals surface area contributed by atoms with Crippen LogP contribution in [0.15, 0.2) is 36.5 Å². The van der Waals surface area contributed by atoms with Crippen molar-refractivity contribution in [2.45, 2.75) is 104 Å². The van der Waals surface area contributed by atoms with Gasteiger partial charge >= 0.3 is 6.09 Å². The third kappa shape index (κ3) is 11.5. The first-order valence-electron chi connectivity index (χ1n) is 18.5. The van der Waals surface area contributed by atoms with Gasteiger partial charge in [-0.2, -0.15) is 0 Å². The lowest BCUT2D eigenvalue weighted by molar-refractivity contribution is -0.140. The number of carbonyl (C=O) groups is 3. The van der Waals surface area contributed by atoms with Crippen LogP contribution in [0, 0.1) is 11.8 Å². The van der Waals surface area contributed by atoms with Gasteiger partial charge in [-0.15, -0.1) is 0 Å². The predicted molar refractivity (Wildman–Crippen MR) is 198 cm³/mol. The van der Waals surface area contributed by atoms with Gasteiger partial charge in [-0.25, -0.2) is 14.8 Å². The van der Waals surface area contributed by atoms with Crippen molar-refractivity contribution in [1.29, 1.82) is 0 Å². The molecule has 12 nitrogen and oxygen atoms in total. The minimum absolute atomic E-state index is 0.0123. The van der Waals surface area contributed by atoms with Crippen LogP contribution in [-0.4, -0.2) is 113 Å². The molecule has 1 aromatic heterocycles. The summed E-state index contributed by atoms with van der Waals surface area (Å²) in [6, 6.07) is 9.31. The van der Waals surface area contributed by atoms with E-state index in [4.69, 9.17) is 19.2 Å². The van der Waals surface area contributed by atoms with Crippen molar-refractivity contribution >= 4 is 23.7 Å². The van der Waals surface area contributed by atoms with Gasteiger partial charge in [-0.3, -0.25) is 9.59 Å². The Labute approximate surface area is 304 Å². The maximum Gasteiger partial charge on any atom is 0.410 e. The Balaban J connectivity index is 1.60. The summed E-state index contributed by atoms with van der Waals surface area (Å²) in [4.78, 5) is 57.2. The standard InChI is InChI=1S/C39H60N6O6/c1-27(2)24-45(35(47)32-23-41-36(38(3,4)5)42-33(32)40-18-13-21-49-9)29-22-28(25-44(26-29)37(48)51-39(6,7)8)34(46)43-19-16-31(17-20-43)50-30-14-11-10-12-15-30/h10-12,14-15,23,27-29,31H,13,16-22,24-26H2,1-9H3,(H,40,41,42)/t28-,29+/m1/s1. The lowest BCUT2D eigenvalue weighted by atomic mass is 9.90. The highest BCUT2D eigenvalue weighted by Gasteiger charge is 2.42. The molecule has 1 aromatic carbocycles. The van der Waals surface area contributed by atoms with Crippen LogP contribution in [0.2, 0.25) is 0 Å². The highest BCUT2D eigenvalue weighted by atomic mass is 16.6. The molecular weight excluding hydrogens is 648 g/mol. The Kier molecular flexibility index (Phi) is 13.7. The smallest absolute Gasteiger partial charge is 0.410 e. The van der Waals surface area contributed by atoms with Gasteiger partial charge in [0.15, 0.2) is 0 Å². The third-order valence-electron chi connectivity index (χ3n) is 9.00. The van der Waals surface area contributed by atoms with Crippen molar-refractivity contribution in [2.75, 3.05) is 58.3 Å². The Morgan fingerprint density at radius 3 is 2.29 bits per heavy atom. The molecule has 1 N–H and O–H groups in total. The number of methoxy groups -OCH3 is 1. The van der Waals surface area contributed by atoms with Crippen molar-refractivity contribution in [2.24, 2.45) is 11.8 Å². The van der Waals surface area contributed by atoms with E-state index in [-0.39, 0.29) is 42.3 Å². The van der Waals surface area contributed by atoms with Gasteiger partial charge in [-0.1, -0.05) is 52.8 Å². The predicted octanol–water partition coefficient (Wildman–Crippen LogP) is 6.02. The van der Waals surface area contributed by atoms with Crippen molar-refractivity contribution in [3.8, 4) is 5.75 Å². The SMILES string of the molecule is COCCCNc1nc(C(C)(C)C)ncc1C(=O)N(CC(C)C)[C@H]1C[C@@H](C(=O)N2CCC(Oc3ccccc3)CC2)CN(C(=O)OC(C)(C)C)C1. The number of hydrogen-bond donors (Lipinski definition) is 1. The van der Waals surface area contributed by atoms with Gasteiger partial charge in [0.1, 0.15) is 34.7 Å². The van der Waals surface area contributed by atoms with Crippen LogP contribution < -0.4 is 10.1 Å². The molecule has 0 saturated carbocycles. The van der Waals surface area contributed by atoms with Crippen molar-refractivity contribution in [3.05, 3.63) is 47.9 Å². The Morgan fingerprint density at radius 1 is 1.00 bits per heavy atom. The van der Waals surface area contributed by atoms with E-state index in [1.807, 2.05) is 81.7 Å². The molecule has 0 aliphatic carbocycles. The first-order valence-corrected chi connectivity index (χ1v) is 18.5. The average Bonchev–Trinajstić information content (AvgIpc) is 3.08. The van der Waals surface area contributed by atoms with Crippen LogP contribution in [0.4, 0.5) is 10.6 Å². The molecule has 0 unspecified atom stereocenters. The van der Waals surface area contributed by atoms with E-state index in [1.165, 1.54) is 0 Å². The summed E-state index contributed by atoms with van der Waals surface area (Å²) in [5.41, 5.74) is -0.679. The number of rotatable bonds is 12. The number of likely N-dealkylation sites (tertiary alicyclic amines) is 2. The van der Waals surface area contributed by atoms with Crippen molar-refractivity contribution < 1.29 is 28.6 Å². The molecule has 51 heavy (non-hydrogen) atoms. The van der Waals surface area contributed by atoms with Gasteiger partial charge in [0, 0.05) is 77.4 Å². The van der Waals surface area contributed by atoms with Crippen LogP contribution in [-0.2, 0) is 19.7 Å². The zero-order valence-corrected chi connectivity index (χ0v) is 32.2. The molecule has 282 valence electrons. The molecule has 2 fully saturated rings. The molecule has 12 heteroatoms. The Hall–Kier alpha value is -3.93. The minimum Gasteiger partial charge on any atom is -0.490 e. The summed E-state index contributed by atoms with van der Waals surface area (Å²) in [7, 11) is 1.66. The van der Waals surface area contributed by atoms with E-state index >= 15 is 0 Å². The van der Waals surface area contributed by atoms with Gasteiger partial charge in [0.25, 0.3) is 5.91 Å². The number of hydrogen-bond acceptors (Lipinski definition) is 9. The van der Waals surface area contributed by atoms with E-state index in [0.717, 1.165) is 25.0 Å². The molecule has 0 radical (unpaired) electrons. The molecule has 2 aromatic rings. The summed E-state index contributed by atoms with van der Waals surface area (Å²) < 4.78 is 17.2. The first-order chi connectivity index (χ1) is 24.1. The fourth-order valence-corrected chi connectivity index (χ4v) is 6.50. The quantitative estimate of drug-likeness (QED) is 0.264. The Bertz CT molecular complexity index is 1450. The number of benzene rings is 1. The lowest BCUT2D eigenvalue weighted by Crippen LogP contribution is -2.58. The molecule has 0 bridgehead atoms. The Morgan fingerprint density at radius 2 is 1.69 bits per heavy atom. The number of piperidine rings is 2. The van der Waals surface area contributed by atoms with Crippen LogP contribution in [0.3, 0.4) is 0 Å².